The molecule has 1 aliphatic heterocycles. The van der Waals surface area contributed by atoms with Crippen LogP contribution in [0.1, 0.15) is 41.3 Å². The van der Waals surface area contributed by atoms with Gasteiger partial charge in [0.1, 0.15) is 5.75 Å². The Hall–Kier alpha value is -2.76. The molecule has 144 valence electrons. The van der Waals surface area contributed by atoms with E-state index in [1.165, 1.54) is 0 Å². The highest BCUT2D eigenvalue weighted by atomic mass is 16.5. The van der Waals surface area contributed by atoms with Crippen molar-refractivity contribution in [3.8, 4) is 5.75 Å². The fraction of sp³-hybridized carbons (Fsp3) is 0.429. The number of amides is 2. The standard InChI is InChI=1S/C21H27N3O3/c1-15(2)18-13-17(4-5-19(18)27-3)21(26)24-10-8-23(9-11-24)20(25)12-16-6-7-22-14-16/h4-7,13-15,22H,8-12H2,1-3H3. The number of methoxy groups -OCH3 is 1. The van der Waals surface area contributed by atoms with Crippen LogP contribution in [0.15, 0.2) is 36.7 Å². The van der Waals surface area contributed by atoms with E-state index in [0.717, 1.165) is 16.9 Å². The number of nitrogens with one attached hydrogen (secondary N) is 1. The number of carbonyl (C=O) groups is 2. The Morgan fingerprint density at radius 3 is 2.41 bits per heavy atom. The maximum Gasteiger partial charge on any atom is 0.253 e. The van der Waals surface area contributed by atoms with E-state index >= 15 is 0 Å². The van der Waals surface area contributed by atoms with Crippen LogP contribution in [0.4, 0.5) is 0 Å². The van der Waals surface area contributed by atoms with Crippen LogP contribution in [0.3, 0.4) is 0 Å². The molecule has 0 atom stereocenters. The molecule has 1 aromatic heterocycles. The van der Waals surface area contributed by atoms with Crippen molar-refractivity contribution >= 4 is 11.8 Å². The van der Waals surface area contributed by atoms with Gasteiger partial charge in [-0.25, -0.2) is 0 Å². The molecule has 0 unspecified atom stereocenters. The Labute approximate surface area is 160 Å². The number of H-pyrrole nitrogens is 1. The van der Waals surface area contributed by atoms with E-state index in [1.807, 2.05) is 46.5 Å². The van der Waals surface area contributed by atoms with Crippen LogP contribution in [0.5, 0.6) is 5.75 Å². The molecule has 2 amide bonds. The third-order valence-corrected chi connectivity index (χ3v) is 5.04. The van der Waals surface area contributed by atoms with Gasteiger partial charge in [-0.05, 0) is 41.3 Å². The lowest BCUT2D eigenvalue weighted by Crippen LogP contribution is -2.51. The van der Waals surface area contributed by atoms with Gasteiger partial charge in [-0.15, -0.1) is 0 Å². The van der Waals surface area contributed by atoms with Crippen LogP contribution >= 0.6 is 0 Å². The molecule has 1 fully saturated rings. The summed E-state index contributed by atoms with van der Waals surface area (Å²) in [6.07, 6.45) is 4.06. The van der Waals surface area contributed by atoms with Gasteiger partial charge in [-0.1, -0.05) is 13.8 Å². The van der Waals surface area contributed by atoms with Crippen molar-refractivity contribution in [3.05, 3.63) is 53.3 Å². The van der Waals surface area contributed by atoms with Crippen molar-refractivity contribution in [2.75, 3.05) is 33.3 Å². The fourth-order valence-electron chi connectivity index (χ4n) is 3.41. The van der Waals surface area contributed by atoms with Crippen molar-refractivity contribution in [2.24, 2.45) is 0 Å². The summed E-state index contributed by atoms with van der Waals surface area (Å²) in [5.74, 6) is 1.20. The number of aromatic amines is 1. The van der Waals surface area contributed by atoms with E-state index in [4.69, 9.17) is 4.74 Å². The zero-order chi connectivity index (χ0) is 19.4. The van der Waals surface area contributed by atoms with Crippen LogP contribution in [0, 0.1) is 0 Å². The minimum Gasteiger partial charge on any atom is -0.496 e. The molecule has 0 aliphatic carbocycles. The summed E-state index contributed by atoms with van der Waals surface area (Å²) >= 11 is 0. The van der Waals surface area contributed by atoms with Gasteiger partial charge >= 0.3 is 0 Å². The number of rotatable bonds is 5. The average Bonchev–Trinajstić information content (AvgIpc) is 3.20. The van der Waals surface area contributed by atoms with Gasteiger partial charge in [0.05, 0.1) is 13.5 Å². The number of piperazine rings is 1. The average molecular weight is 369 g/mol. The van der Waals surface area contributed by atoms with Gasteiger partial charge in [0, 0.05) is 44.1 Å². The Morgan fingerprint density at radius 1 is 1.11 bits per heavy atom. The smallest absolute Gasteiger partial charge is 0.253 e. The lowest BCUT2D eigenvalue weighted by molar-refractivity contribution is -0.131. The first-order valence-electron chi connectivity index (χ1n) is 9.36. The Kier molecular flexibility index (Phi) is 5.84. The Balaban J connectivity index is 1.61. The molecular formula is C21H27N3O3. The largest absolute Gasteiger partial charge is 0.496 e. The summed E-state index contributed by atoms with van der Waals surface area (Å²) in [6.45, 7) is 6.42. The van der Waals surface area contributed by atoms with Crippen molar-refractivity contribution < 1.29 is 14.3 Å². The van der Waals surface area contributed by atoms with E-state index in [0.29, 0.717) is 38.2 Å². The SMILES string of the molecule is COc1ccc(C(=O)N2CCN(C(=O)Cc3cc[nH]c3)CC2)cc1C(C)C. The Morgan fingerprint density at radius 2 is 1.81 bits per heavy atom. The lowest BCUT2D eigenvalue weighted by Gasteiger charge is -2.35. The number of hydrogen-bond acceptors (Lipinski definition) is 3. The quantitative estimate of drug-likeness (QED) is 0.881. The van der Waals surface area contributed by atoms with E-state index in [1.54, 1.807) is 7.11 Å². The molecule has 6 heteroatoms. The second-order valence-corrected chi connectivity index (χ2v) is 7.18. The number of ether oxygens (including phenoxy) is 1. The molecule has 2 heterocycles. The predicted octanol–water partition coefficient (Wildman–Crippen LogP) is 2.67. The number of aromatic nitrogens is 1. The maximum atomic E-state index is 12.9. The van der Waals surface area contributed by atoms with Crippen molar-refractivity contribution in [3.63, 3.8) is 0 Å². The second kappa shape index (κ2) is 8.29. The van der Waals surface area contributed by atoms with Gasteiger partial charge in [0.25, 0.3) is 5.91 Å². The molecule has 1 saturated heterocycles. The van der Waals surface area contributed by atoms with Crippen LogP contribution < -0.4 is 4.74 Å². The topological polar surface area (TPSA) is 65.6 Å². The van der Waals surface area contributed by atoms with E-state index in [2.05, 4.69) is 18.8 Å². The van der Waals surface area contributed by atoms with Crippen LogP contribution in [-0.4, -0.2) is 59.9 Å². The van der Waals surface area contributed by atoms with Crippen LogP contribution in [0.25, 0.3) is 0 Å². The molecule has 1 N–H and O–H groups in total. The highest BCUT2D eigenvalue weighted by Crippen LogP contribution is 2.28. The zero-order valence-electron chi connectivity index (χ0n) is 16.2. The lowest BCUT2D eigenvalue weighted by atomic mass is 9.99. The van der Waals surface area contributed by atoms with Crippen LogP contribution in [0.2, 0.25) is 0 Å². The molecule has 0 saturated carbocycles. The maximum absolute atomic E-state index is 12.9. The van der Waals surface area contributed by atoms with Crippen LogP contribution in [-0.2, 0) is 11.2 Å². The van der Waals surface area contributed by atoms with Gasteiger partial charge in [0.2, 0.25) is 5.91 Å². The first-order chi connectivity index (χ1) is 13.0. The molecule has 1 aromatic carbocycles. The summed E-state index contributed by atoms with van der Waals surface area (Å²) in [5.41, 5.74) is 2.69. The molecule has 0 bridgehead atoms. The highest BCUT2D eigenvalue weighted by Gasteiger charge is 2.25. The minimum absolute atomic E-state index is 0.0114. The summed E-state index contributed by atoms with van der Waals surface area (Å²) < 4.78 is 5.40. The monoisotopic (exact) mass is 369 g/mol. The van der Waals surface area contributed by atoms with E-state index in [-0.39, 0.29) is 17.7 Å². The molecule has 0 radical (unpaired) electrons. The van der Waals surface area contributed by atoms with Gasteiger partial charge in [-0.3, -0.25) is 9.59 Å². The third-order valence-electron chi connectivity index (χ3n) is 5.04. The van der Waals surface area contributed by atoms with Gasteiger partial charge in [0.15, 0.2) is 0 Å². The first kappa shape index (κ1) is 19.0. The van der Waals surface area contributed by atoms with E-state index < -0.39 is 0 Å². The third kappa shape index (κ3) is 4.32. The number of benzene rings is 1. The molecule has 2 aromatic rings. The van der Waals surface area contributed by atoms with Gasteiger partial charge in [-0.2, -0.15) is 0 Å². The first-order valence-corrected chi connectivity index (χ1v) is 9.36. The summed E-state index contributed by atoms with van der Waals surface area (Å²) in [6, 6.07) is 7.51. The summed E-state index contributed by atoms with van der Waals surface area (Å²) in [5, 5.41) is 0. The van der Waals surface area contributed by atoms with E-state index in [9.17, 15) is 9.59 Å². The fourth-order valence-corrected chi connectivity index (χ4v) is 3.41. The number of nitrogens with zero attached hydrogens (tertiary/aromatic N) is 2. The second-order valence-electron chi connectivity index (χ2n) is 7.18. The van der Waals surface area contributed by atoms with Gasteiger partial charge < -0.3 is 19.5 Å². The number of hydrogen-bond donors (Lipinski definition) is 1. The van der Waals surface area contributed by atoms with Crippen molar-refractivity contribution in [1.29, 1.82) is 0 Å². The Bertz CT molecular complexity index is 791. The zero-order valence-corrected chi connectivity index (χ0v) is 16.2. The summed E-state index contributed by atoms with van der Waals surface area (Å²) in [4.78, 5) is 31.9. The molecule has 3 rings (SSSR count). The predicted molar refractivity (Wildman–Crippen MR) is 104 cm³/mol. The summed E-state index contributed by atoms with van der Waals surface area (Å²) in [7, 11) is 1.65. The molecule has 0 spiro atoms. The number of carbonyl (C=O) groups excluding carboxylic acids is 2. The molecule has 6 nitrogen and oxygen atoms in total. The van der Waals surface area contributed by atoms with Crippen molar-refractivity contribution in [1.82, 2.24) is 14.8 Å². The molecule has 27 heavy (non-hydrogen) atoms. The minimum atomic E-state index is 0.0114. The van der Waals surface area contributed by atoms with Crippen molar-refractivity contribution in [2.45, 2.75) is 26.2 Å². The highest BCUT2D eigenvalue weighted by molar-refractivity contribution is 5.95. The molecule has 1 aliphatic rings. The normalized spacial score (nSPS) is 14.5. The molecular weight excluding hydrogens is 342 g/mol.